The second kappa shape index (κ2) is 12.0. The zero-order valence-electron chi connectivity index (χ0n) is 16.7. The van der Waals surface area contributed by atoms with Gasteiger partial charge in [-0.3, -0.25) is 4.99 Å². The van der Waals surface area contributed by atoms with Crippen molar-refractivity contribution in [1.29, 1.82) is 0 Å². The highest BCUT2D eigenvalue weighted by atomic mass is 127. The first-order valence-electron chi connectivity index (χ1n) is 9.78. The molecule has 1 aliphatic rings. The van der Waals surface area contributed by atoms with Crippen molar-refractivity contribution in [2.45, 2.75) is 51.8 Å². The summed E-state index contributed by atoms with van der Waals surface area (Å²) in [6, 6.07) is 10.9. The van der Waals surface area contributed by atoms with Gasteiger partial charge in [-0.05, 0) is 31.7 Å². The molecule has 7 nitrogen and oxygen atoms in total. The monoisotopic (exact) mass is 498 g/mol. The fourth-order valence-corrected chi connectivity index (χ4v) is 3.30. The number of ether oxygens (including phenoxy) is 1. The third-order valence-electron chi connectivity index (χ3n) is 4.60. The van der Waals surface area contributed by atoms with Crippen molar-refractivity contribution in [3.8, 4) is 0 Å². The second-order valence-electron chi connectivity index (χ2n) is 6.79. The summed E-state index contributed by atoms with van der Waals surface area (Å²) in [5.41, 5.74) is 1.36. The van der Waals surface area contributed by atoms with E-state index in [-0.39, 0.29) is 24.0 Å². The first-order valence-corrected chi connectivity index (χ1v) is 9.78. The van der Waals surface area contributed by atoms with Gasteiger partial charge in [0.15, 0.2) is 11.8 Å². The SMILES string of the molecule is CCNC(=NCCCc1ccccc1)NC1CCc2nc(COC)nn2C1.I. The number of nitrogens with one attached hydrogen (secondary N) is 2. The first kappa shape index (κ1) is 22.6. The van der Waals surface area contributed by atoms with E-state index in [0.717, 1.165) is 62.9 Å². The summed E-state index contributed by atoms with van der Waals surface area (Å²) in [7, 11) is 1.67. The van der Waals surface area contributed by atoms with Crippen LogP contribution in [0.1, 0.15) is 37.0 Å². The van der Waals surface area contributed by atoms with E-state index in [2.05, 4.69) is 58.0 Å². The van der Waals surface area contributed by atoms with Gasteiger partial charge >= 0.3 is 0 Å². The molecule has 3 rings (SSSR count). The molecule has 0 bridgehead atoms. The molecule has 2 N–H and O–H groups in total. The minimum atomic E-state index is 0. The van der Waals surface area contributed by atoms with Gasteiger partial charge in [-0.2, -0.15) is 5.10 Å². The molecule has 0 saturated carbocycles. The van der Waals surface area contributed by atoms with E-state index in [1.165, 1.54) is 5.56 Å². The van der Waals surface area contributed by atoms with Gasteiger partial charge in [0.2, 0.25) is 0 Å². The first-order chi connectivity index (χ1) is 13.3. The third kappa shape index (κ3) is 6.73. The standard InChI is InChI=1S/C20H30N6O.HI/c1-3-21-20(22-13-7-10-16-8-5-4-6-9-16)23-17-11-12-19-24-18(15-27-2)25-26(19)14-17;/h4-6,8-9,17H,3,7,10-15H2,1-2H3,(H2,21,22,23);1H. The Morgan fingerprint density at radius 3 is 2.89 bits per heavy atom. The van der Waals surface area contributed by atoms with E-state index in [4.69, 9.17) is 9.73 Å². The molecule has 154 valence electrons. The Kier molecular flexibility index (Phi) is 9.69. The number of rotatable bonds is 8. The van der Waals surface area contributed by atoms with Gasteiger partial charge in [0.05, 0.1) is 6.54 Å². The van der Waals surface area contributed by atoms with Crippen LogP contribution in [0.4, 0.5) is 0 Å². The Labute approximate surface area is 184 Å². The molecule has 1 aromatic heterocycles. The molecular weight excluding hydrogens is 467 g/mol. The minimum absolute atomic E-state index is 0. The van der Waals surface area contributed by atoms with Gasteiger partial charge in [-0.1, -0.05) is 30.3 Å². The van der Waals surface area contributed by atoms with E-state index >= 15 is 0 Å². The number of aromatic nitrogens is 3. The molecule has 28 heavy (non-hydrogen) atoms. The van der Waals surface area contributed by atoms with Gasteiger partial charge in [0.25, 0.3) is 0 Å². The maximum Gasteiger partial charge on any atom is 0.191 e. The summed E-state index contributed by atoms with van der Waals surface area (Å²) in [6.07, 6.45) is 4.04. The van der Waals surface area contributed by atoms with Gasteiger partial charge in [0, 0.05) is 32.7 Å². The molecule has 2 aromatic rings. The maximum absolute atomic E-state index is 5.13. The van der Waals surface area contributed by atoms with Crippen LogP contribution >= 0.6 is 24.0 Å². The maximum atomic E-state index is 5.13. The summed E-state index contributed by atoms with van der Waals surface area (Å²) in [5.74, 6) is 2.69. The highest BCUT2D eigenvalue weighted by Crippen LogP contribution is 2.13. The number of halogens is 1. The molecule has 0 radical (unpaired) electrons. The van der Waals surface area contributed by atoms with Crippen LogP contribution in [0.25, 0.3) is 0 Å². The second-order valence-corrected chi connectivity index (χ2v) is 6.79. The van der Waals surface area contributed by atoms with E-state index in [0.29, 0.717) is 12.6 Å². The summed E-state index contributed by atoms with van der Waals surface area (Å²) >= 11 is 0. The predicted octanol–water partition coefficient (Wildman–Crippen LogP) is 2.55. The molecule has 0 aliphatic carbocycles. The van der Waals surface area contributed by atoms with Crippen molar-refractivity contribution in [3.63, 3.8) is 0 Å². The summed E-state index contributed by atoms with van der Waals surface area (Å²) in [6.45, 7) is 5.02. The van der Waals surface area contributed by atoms with Crippen molar-refractivity contribution in [2.24, 2.45) is 4.99 Å². The van der Waals surface area contributed by atoms with Crippen LogP contribution in [0.2, 0.25) is 0 Å². The van der Waals surface area contributed by atoms with Crippen LogP contribution in [0.15, 0.2) is 35.3 Å². The number of hydrogen-bond acceptors (Lipinski definition) is 4. The fourth-order valence-electron chi connectivity index (χ4n) is 3.30. The number of nitrogens with zero attached hydrogens (tertiary/aromatic N) is 4. The highest BCUT2D eigenvalue weighted by Gasteiger charge is 2.22. The number of aliphatic imine (C=N–C) groups is 1. The number of benzene rings is 1. The smallest absolute Gasteiger partial charge is 0.191 e. The molecule has 2 heterocycles. The number of fused-ring (bicyclic) bond motifs is 1. The van der Waals surface area contributed by atoms with Crippen LogP contribution in [0.5, 0.6) is 0 Å². The molecule has 1 atom stereocenters. The molecule has 0 fully saturated rings. The molecule has 0 saturated heterocycles. The van der Waals surface area contributed by atoms with Gasteiger partial charge in [-0.25, -0.2) is 9.67 Å². The number of guanidine groups is 1. The van der Waals surface area contributed by atoms with E-state index in [1.807, 2.05) is 4.68 Å². The van der Waals surface area contributed by atoms with Crippen LogP contribution < -0.4 is 10.6 Å². The lowest BCUT2D eigenvalue weighted by Crippen LogP contribution is -2.47. The highest BCUT2D eigenvalue weighted by molar-refractivity contribution is 14.0. The van der Waals surface area contributed by atoms with Gasteiger partial charge < -0.3 is 15.4 Å². The fraction of sp³-hybridized carbons (Fsp3) is 0.550. The van der Waals surface area contributed by atoms with Gasteiger partial charge in [-0.15, -0.1) is 24.0 Å². The van der Waals surface area contributed by atoms with Crippen molar-refractivity contribution in [2.75, 3.05) is 20.2 Å². The summed E-state index contributed by atoms with van der Waals surface area (Å²) < 4.78 is 7.13. The topological polar surface area (TPSA) is 76.4 Å². The molecule has 1 aromatic carbocycles. The molecule has 0 spiro atoms. The number of methoxy groups -OCH3 is 1. The van der Waals surface area contributed by atoms with Crippen LogP contribution in [0.3, 0.4) is 0 Å². The van der Waals surface area contributed by atoms with Crippen LogP contribution in [-0.4, -0.2) is 47.0 Å². The number of aryl methyl sites for hydroxylation is 2. The lowest BCUT2D eigenvalue weighted by Gasteiger charge is -2.25. The largest absolute Gasteiger partial charge is 0.377 e. The van der Waals surface area contributed by atoms with Crippen molar-refractivity contribution >= 4 is 29.9 Å². The van der Waals surface area contributed by atoms with Crippen molar-refractivity contribution in [1.82, 2.24) is 25.4 Å². The Morgan fingerprint density at radius 1 is 1.32 bits per heavy atom. The molecule has 8 heteroatoms. The van der Waals surface area contributed by atoms with Gasteiger partial charge in [0.1, 0.15) is 12.4 Å². The predicted molar refractivity (Wildman–Crippen MR) is 122 cm³/mol. The van der Waals surface area contributed by atoms with E-state index in [9.17, 15) is 0 Å². The normalized spacial score (nSPS) is 16.2. The van der Waals surface area contributed by atoms with Crippen LogP contribution in [0, 0.1) is 0 Å². The Balaban J connectivity index is 0.00000280. The molecule has 1 unspecified atom stereocenters. The Bertz CT molecular complexity index is 734. The number of hydrogen-bond donors (Lipinski definition) is 2. The Hall–Kier alpha value is -1.68. The zero-order valence-corrected chi connectivity index (χ0v) is 19.1. The summed E-state index contributed by atoms with van der Waals surface area (Å²) in [5, 5.41) is 11.4. The molecule has 1 aliphatic heterocycles. The molecule has 0 amide bonds. The van der Waals surface area contributed by atoms with E-state index < -0.39 is 0 Å². The minimum Gasteiger partial charge on any atom is -0.377 e. The zero-order chi connectivity index (χ0) is 18.9. The lowest BCUT2D eigenvalue weighted by molar-refractivity contribution is 0.177. The van der Waals surface area contributed by atoms with E-state index in [1.54, 1.807) is 7.11 Å². The molecular formula is C20H31IN6O. The average molecular weight is 498 g/mol. The summed E-state index contributed by atoms with van der Waals surface area (Å²) in [4.78, 5) is 9.28. The van der Waals surface area contributed by atoms with Crippen molar-refractivity contribution in [3.05, 3.63) is 47.5 Å². The Morgan fingerprint density at radius 2 is 2.14 bits per heavy atom. The third-order valence-corrected chi connectivity index (χ3v) is 4.60. The van der Waals surface area contributed by atoms with Crippen LogP contribution in [-0.2, 0) is 30.7 Å². The van der Waals surface area contributed by atoms with Crippen molar-refractivity contribution < 1.29 is 4.74 Å². The quantitative estimate of drug-likeness (QED) is 0.253. The lowest BCUT2D eigenvalue weighted by atomic mass is 10.1. The average Bonchev–Trinajstić information content (AvgIpc) is 3.08.